The van der Waals surface area contributed by atoms with Crippen LogP contribution < -0.4 is 5.32 Å². The molecule has 0 atom stereocenters. The van der Waals surface area contributed by atoms with E-state index in [2.05, 4.69) is 27.4 Å². The summed E-state index contributed by atoms with van der Waals surface area (Å²) in [5.74, 6) is 2.05. The van der Waals surface area contributed by atoms with Gasteiger partial charge in [0.25, 0.3) is 0 Å². The zero-order chi connectivity index (χ0) is 13.0. The maximum Gasteiger partial charge on any atom is 0.156 e. The highest BCUT2D eigenvalue weighted by Crippen LogP contribution is 2.18. The third kappa shape index (κ3) is 3.20. The van der Waals surface area contributed by atoms with Crippen LogP contribution in [0.25, 0.3) is 0 Å². The monoisotopic (exact) mass is 266 g/mol. The van der Waals surface area contributed by atoms with E-state index in [-0.39, 0.29) is 0 Å². The molecule has 2 rings (SSSR count). The van der Waals surface area contributed by atoms with E-state index in [0.717, 1.165) is 24.3 Å². The molecule has 0 aliphatic rings. The first kappa shape index (κ1) is 12.8. The van der Waals surface area contributed by atoms with Crippen LogP contribution in [0.15, 0.2) is 16.8 Å². The summed E-state index contributed by atoms with van der Waals surface area (Å²) in [6.45, 7) is 4.43. The molecule has 0 unspecified atom stereocenters. The van der Waals surface area contributed by atoms with E-state index in [4.69, 9.17) is 16.1 Å². The van der Waals surface area contributed by atoms with Gasteiger partial charge in [-0.2, -0.15) is 0 Å². The van der Waals surface area contributed by atoms with Gasteiger partial charge in [0.05, 0.1) is 18.4 Å². The van der Waals surface area contributed by atoms with E-state index in [0.29, 0.717) is 23.2 Å². The molecule has 6 heteroatoms. The van der Waals surface area contributed by atoms with Crippen LogP contribution in [0.3, 0.4) is 0 Å². The Morgan fingerprint density at radius 2 is 2.28 bits per heavy atom. The van der Waals surface area contributed by atoms with Crippen molar-refractivity contribution in [3.05, 3.63) is 34.6 Å². The van der Waals surface area contributed by atoms with Gasteiger partial charge in [-0.1, -0.05) is 30.1 Å². The minimum atomic E-state index is 0.494. The van der Waals surface area contributed by atoms with Crippen molar-refractivity contribution < 1.29 is 4.52 Å². The molecule has 0 fully saturated rings. The van der Waals surface area contributed by atoms with E-state index in [1.807, 2.05) is 13.0 Å². The van der Waals surface area contributed by atoms with Gasteiger partial charge in [0.1, 0.15) is 16.7 Å². The first-order valence-corrected chi connectivity index (χ1v) is 6.24. The first-order valence-electron chi connectivity index (χ1n) is 5.86. The summed E-state index contributed by atoms with van der Waals surface area (Å²) < 4.78 is 5.21. The number of nitrogens with zero attached hydrogens (tertiary/aromatic N) is 3. The summed E-state index contributed by atoms with van der Waals surface area (Å²) in [4.78, 5) is 8.22. The Balaban J connectivity index is 1.99. The molecule has 0 amide bonds. The maximum atomic E-state index is 5.98. The molecule has 2 aromatic rings. The zero-order valence-electron chi connectivity index (χ0n) is 10.4. The largest absolute Gasteiger partial charge is 0.361 e. The van der Waals surface area contributed by atoms with Crippen LogP contribution in [-0.4, -0.2) is 15.1 Å². The summed E-state index contributed by atoms with van der Waals surface area (Å²) >= 11 is 5.98. The van der Waals surface area contributed by atoms with Crippen molar-refractivity contribution in [1.82, 2.24) is 15.1 Å². The highest BCUT2D eigenvalue weighted by molar-refractivity contribution is 6.32. The fraction of sp³-hybridized carbons (Fsp3) is 0.417. The van der Waals surface area contributed by atoms with Crippen LogP contribution in [0.1, 0.15) is 30.6 Å². The van der Waals surface area contributed by atoms with Gasteiger partial charge in [-0.05, 0) is 13.3 Å². The van der Waals surface area contributed by atoms with E-state index in [9.17, 15) is 0 Å². The van der Waals surface area contributed by atoms with Gasteiger partial charge >= 0.3 is 0 Å². The molecule has 2 heterocycles. The van der Waals surface area contributed by atoms with E-state index in [1.165, 1.54) is 0 Å². The number of rotatable bonds is 5. The van der Waals surface area contributed by atoms with Gasteiger partial charge in [0.15, 0.2) is 5.76 Å². The lowest BCUT2D eigenvalue weighted by Crippen LogP contribution is -2.03. The highest BCUT2D eigenvalue weighted by Gasteiger charge is 2.06. The van der Waals surface area contributed by atoms with Crippen molar-refractivity contribution >= 4 is 17.4 Å². The van der Waals surface area contributed by atoms with Gasteiger partial charge in [0, 0.05) is 6.07 Å². The van der Waals surface area contributed by atoms with Crippen LogP contribution in [0, 0.1) is 6.92 Å². The molecular weight excluding hydrogens is 252 g/mol. The normalized spacial score (nSPS) is 10.6. The van der Waals surface area contributed by atoms with E-state index in [1.54, 1.807) is 6.20 Å². The average Bonchev–Trinajstić information content (AvgIpc) is 2.79. The summed E-state index contributed by atoms with van der Waals surface area (Å²) in [6.07, 6.45) is 3.56. The summed E-state index contributed by atoms with van der Waals surface area (Å²) in [6, 6.07) is 1.94. The molecule has 2 aromatic heterocycles. The zero-order valence-corrected chi connectivity index (χ0v) is 11.2. The summed E-state index contributed by atoms with van der Waals surface area (Å²) in [5, 5.41) is 7.58. The number of anilines is 1. The second kappa shape index (κ2) is 5.82. The van der Waals surface area contributed by atoms with Crippen molar-refractivity contribution in [2.75, 3.05) is 5.32 Å². The quantitative estimate of drug-likeness (QED) is 0.901. The second-order valence-electron chi connectivity index (χ2n) is 4.00. The molecule has 5 nitrogen and oxygen atoms in total. The standard InChI is InChI=1S/C12H15ClN4O/c1-3-4-9-5-10(18-17-9)6-15-12-11(13)7-14-8(2)16-12/h5,7H,3-4,6H2,1-2H3,(H,14,15,16). The van der Waals surface area contributed by atoms with Crippen molar-refractivity contribution in [3.8, 4) is 0 Å². The molecule has 0 saturated heterocycles. The van der Waals surface area contributed by atoms with Crippen molar-refractivity contribution in [2.24, 2.45) is 0 Å². The van der Waals surface area contributed by atoms with Crippen LogP contribution in [-0.2, 0) is 13.0 Å². The molecule has 0 saturated carbocycles. The van der Waals surface area contributed by atoms with E-state index < -0.39 is 0 Å². The third-order valence-electron chi connectivity index (χ3n) is 2.41. The Bertz CT molecular complexity index is 527. The lowest BCUT2D eigenvalue weighted by molar-refractivity contribution is 0.381. The molecule has 0 aromatic carbocycles. The van der Waals surface area contributed by atoms with Gasteiger partial charge in [-0.25, -0.2) is 9.97 Å². The fourth-order valence-corrected chi connectivity index (χ4v) is 1.72. The molecule has 0 spiro atoms. The molecule has 18 heavy (non-hydrogen) atoms. The Labute approximate surface area is 111 Å². The Hall–Kier alpha value is -1.62. The molecule has 0 bridgehead atoms. The predicted octanol–water partition coefficient (Wildman–Crippen LogP) is 2.99. The molecule has 0 radical (unpaired) electrons. The molecular formula is C12H15ClN4O. The van der Waals surface area contributed by atoms with Gasteiger partial charge < -0.3 is 9.84 Å². The summed E-state index contributed by atoms with van der Waals surface area (Å²) in [5.41, 5.74) is 0.972. The van der Waals surface area contributed by atoms with Crippen molar-refractivity contribution in [3.63, 3.8) is 0 Å². The predicted molar refractivity (Wildman–Crippen MR) is 69.6 cm³/mol. The Kier molecular flexibility index (Phi) is 4.15. The minimum absolute atomic E-state index is 0.494. The van der Waals surface area contributed by atoms with Crippen molar-refractivity contribution in [1.29, 1.82) is 0 Å². The van der Waals surface area contributed by atoms with E-state index >= 15 is 0 Å². The maximum absolute atomic E-state index is 5.98. The molecule has 0 aliphatic carbocycles. The van der Waals surface area contributed by atoms with Gasteiger partial charge in [-0.15, -0.1) is 0 Å². The number of hydrogen-bond acceptors (Lipinski definition) is 5. The second-order valence-corrected chi connectivity index (χ2v) is 4.41. The first-order chi connectivity index (χ1) is 8.69. The van der Waals surface area contributed by atoms with Crippen LogP contribution in [0.2, 0.25) is 5.02 Å². The smallest absolute Gasteiger partial charge is 0.156 e. The van der Waals surface area contributed by atoms with Gasteiger partial charge in [0.2, 0.25) is 0 Å². The highest BCUT2D eigenvalue weighted by atomic mass is 35.5. The number of aromatic nitrogens is 3. The average molecular weight is 267 g/mol. The van der Waals surface area contributed by atoms with Crippen molar-refractivity contribution in [2.45, 2.75) is 33.2 Å². The van der Waals surface area contributed by atoms with Gasteiger partial charge in [-0.3, -0.25) is 0 Å². The lowest BCUT2D eigenvalue weighted by atomic mass is 10.2. The SMILES string of the molecule is CCCc1cc(CNc2nc(C)ncc2Cl)on1. The third-order valence-corrected chi connectivity index (χ3v) is 2.69. The number of nitrogens with one attached hydrogen (secondary N) is 1. The minimum Gasteiger partial charge on any atom is -0.361 e. The summed E-state index contributed by atoms with van der Waals surface area (Å²) in [7, 11) is 0. The Morgan fingerprint density at radius 1 is 1.44 bits per heavy atom. The topological polar surface area (TPSA) is 63.8 Å². The molecule has 1 N–H and O–H groups in total. The molecule has 0 aliphatic heterocycles. The fourth-order valence-electron chi connectivity index (χ4n) is 1.56. The number of hydrogen-bond donors (Lipinski definition) is 1. The van der Waals surface area contributed by atoms with Crippen LogP contribution >= 0.6 is 11.6 Å². The lowest BCUT2D eigenvalue weighted by Gasteiger charge is -2.05. The van der Waals surface area contributed by atoms with Crippen LogP contribution in [0.4, 0.5) is 5.82 Å². The number of aryl methyl sites for hydroxylation is 2. The number of halogens is 1. The van der Waals surface area contributed by atoms with Crippen LogP contribution in [0.5, 0.6) is 0 Å². The Morgan fingerprint density at radius 3 is 3.06 bits per heavy atom. The molecule has 96 valence electrons.